The minimum absolute atomic E-state index is 0.0230. The van der Waals surface area contributed by atoms with Crippen molar-refractivity contribution >= 4 is 0 Å². The fraction of sp³-hybridized carbons (Fsp3) is 0.733. The number of aromatic nitrogens is 2. The Morgan fingerprint density at radius 3 is 2.47 bits per heavy atom. The normalized spacial score (nSPS) is 28.1. The van der Waals surface area contributed by atoms with Gasteiger partial charge >= 0.3 is 0 Å². The van der Waals surface area contributed by atoms with Crippen LogP contribution in [-0.2, 0) is 0 Å². The van der Waals surface area contributed by atoms with E-state index in [1.807, 2.05) is 0 Å². The SMILES string of the molecule is CC1CCC(c2nc(O)c(C3CCCC3)c(=O)[nH]2)C1. The second kappa shape index (κ2) is 4.99. The van der Waals surface area contributed by atoms with E-state index < -0.39 is 0 Å². The Bertz CT molecular complexity index is 517. The smallest absolute Gasteiger partial charge is 0.258 e. The van der Waals surface area contributed by atoms with E-state index in [-0.39, 0.29) is 17.4 Å². The predicted molar refractivity (Wildman–Crippen MR) is 73.5 cm³/mol. The zero-order valence-corrected chi connectivity index (χ0v) is 11.5. The second-order valence-electron chi connectivity index (χ2n) is 6.28. The number of nitrogens with one attached hydrogen (secondary N) is 1. The molecular weight excluding hydrogens is 240 g/mol. The molecule has 1 aromatic heterocycles. The van der Waals surface area contributed by atoms with E-state index in [1.165, 1.54) is 6.42 Å². The molecule has 2 aliphatic rings. The molecule has 1 aromatic rings. The first-order chi connectivity index (χ1) is 9.15. The molecule has 4 nitrogen and oxygen atoms in total. The number of rotatable bonds is 2. The quantitative estimate of drug-likeness (QED) is 0.861. The number of aromatic hydroxyl groups is 1. The monoisotopic (exact) mass is 262 g/mol. The van der Waals surface area contributed by atoms with Crippen LogP contribution in [0.3, 0.4) is 0 Å². The van der Waals surface area contributed by atoms with Crippen LogP contribution in [0.25, 0.3) is 0 Å². The van der Waals surface area contributed by atoms with Gasteiger partial charge in [-0.25, -0.2) is 0 Å². The maximum Gasteiger partial charge on any atom is 0.258 e. The number of aromatic amines is 1. The minimum atomic E-state index is -0.117. The zero-order chi connectivity index (χ0) is 13.4. The molecule has 0 spiro atoms. The average Bonchev–Trinajstić information content (AvgIpc) is 2.99. The third-order valence-corrected chi connectivity index (χ3v) is 4.80. The highest BCUT2D eigenvalue weighted by Gasteiger charge is 2.28. The van der Waals surface area contributed by atoms with Gasteiger partial charge in [-0.2, -0.15) is 4.98 Å². The number of nitrogens with zero attached hydrogens (tertiary/aromatic N) is 1. The number of H-pyrrole nitrogens is 1. The van der Waals surface area contributed by atoms with Gasteiger partial charge in [0.25, 0.3) is 5.56 Å². The van der Waals surface area contributed by atoms with E-state index in [0.29, 0.717) is 23.2 Å². The van der Waals surface area contributed by atoms with Crippen molar-refractivity contribution < 1.29 is 5.11 Å². The summed E-state index contributed by atoms with van der Waals surface area (Å²) in [5, 5.41) is 10.1. The highest BCUT2D eigenvalue weighted by Crippen LogP contribution is 2.38. The summed E-state index contributed by atoms with van der Waals surface area (Å²) in [6, 6.07) is 0. The van der Waals surface area contributed by atoms with Gasteiger partial charge in [-0.15, -0.1) is 0 Å². The Balaban J connectivity index is 1.91. The van der Waals surface area contributed by atoms with Gasteiger partial charge < -0.3 is 10.1 Å². The maximum absolute atomic E-state index is 12.2. The molecule has 2 N–H and O–H groups in total. The molecule has 0 saturated heterocycles. The van der Waals surface area contributed by atoms with Gasteiger partial charge in [-0.1, -0.05) is 19.8 Å². The lowest BCUT2D eigenvalue weighted by atomic mass is 9.99. The van der Waals surface area contributed by atoms with Crippen LogP contribution < -0.4 is 5.56 Å². The van der Waals surface area contributed by atoms with Crippen molar-refractivity contribution in [1.29, 1.82) is 0 Å². The average molecular weight is 262 g/mol. The van der Waals surface area contributed by atoms with Crippen molar-refractivity contribution in [3.8, 4) is 5.88 Å². The molecule has 0 aliphatic heterocycles. The van der Waals surface area contributed by atoms with E-state index in [2.05, 4.69) is 16.9 Å². The van der Waals surface area contributed by atoms with Gasteiger partial charge in [0.15, 0.2) is 0 Å². The Morgan fingerprint density at radius 1 is 1.16 bits per heavy atom. The highest BCUT2D eigenvalue weighted by atomic mass is 16.3. The lowest BCUT2D eigenvalue weighted by Crippen LogP contribution is -2.20. The molecule has 3 rings (SSSR count). The molecule has 104 valence electrons. The number of hydrogen-bond acceptors (Lipinski definition) is 3. The summed E-state index contributed by atoms with van der Waals surface area (Å²) in [5.74, 6) is 1.87. The van der Waals surface area contributed by atoms with Crippen molar-refractivity contribution in [2.24, 2.45) is 5.92 Å². The van der Waals surface area contributed by atoms with Crippen molar-refractivity contribution in [2.75, 3.05) is 0 Å². The first-order valence-corrected chi connectivity index (χ1v) is 7.48. The molecule has 2 unspecified atom stereocenters. The van der Waals surface area contributed by atoms with Crippen LogP contribution in [0.5, 0.6) is 5.88 Å². The fourth-order valence-corrected chi connectivity index (χ4v) is 3.72. The topological polar surface area (TPSA) is 66.0 Å². The Morgan fingerprint density at radius 2 is 1.89 bits per heavy atom. The van der Waals surface area contributed by atoms with E-state index in [0.717, 1.165) is 38.5 Å². The minimum Gasteiger partial charge on any atom is -0.493 e. The first-order valence-electron chi connectivity index (χ1n) is 7.48. The lowest BCUT2D eigenvalue weighted by molar-refractivity contribution is 0.427. The third-order valence-electron chi connectivity index (χ3n) is 4.80. The van der Waals surface area contributed by atoms with Crippen molar-refractivity contribution in [3.05, 3.63) is 21.7 Å². The molecule has 2 fully saturated rings. The highest BCUT2D eigenvalue weighted by molar-refractivity contribution is 5.28. The summed E-state index contributed by atoms with van der Waals surface area (Å²) in [6.45, 7) is 2.23. The van der Waals surface area contributed by atoms with E-state index >= 15 is 0 Å². The third kappa shape index (κ3) is 2.40. The lowest BCUT2D eigenvalue weighted by Gasteiger charge is -2.13. The number of hydrogen-bond donors (Lipinski definition) is 2. The van der Waals surface area contributed by atoms with Crippen LogP contribution in [0.4, 0.5) is 0 Å². The van der Waals surface area contributed by atoms with Crippen molar-refractivity contribution in [2.45, 2.75) is 63.7 Å². The van der Waals surface area contributed by atoms with Crippen LogP contribution >= 0.6 is 0 Å². The van der Waals surface area contributed by atoms with E-state index in [1.54, 1.807) is 0 Å². The fourth-order valence-electron chi connectivity index (χ4n) is 3.72. The van der Waals surface area contributed by atoms with Crippen LogP contribution in [0.15, 0.2) is 4.79 Å². The summed E-state index contributed by atoms with van der Waals surface area (Å²) in [7, 11) is 0. The van der Waals surface area contributed by atoms with Crippen LogP contribution in [-0.4, -0.2) is 15.1 Å². The molecule has 0 radical (unpaired) electrons. The molecule has 0 bridgehead atoms. The summed E-state index contributed by atoms with van der Waals surface area (Å²) in [6.07, 6.45) is 7.59. The van der Waals surface area contributed by atoms with E-state index in [4.69, 9.17) is 0 Å². The molecule has 2 saturated carbocycles. The van der Waals surface area contributed by atoms with Gasteiger partial charge in [-0.05, 0) is 43.9 Å². The molecule has 1 heterocycles. The van der Waals surface area contributed by atoms with Gasteiger partial charge in [0.1, 0.15) is 5.82 Å². The standard InChI is InChI=1S/C15H22N2O2/c1-9-6-7-11(8-9)13-16-14(18)12(15(19)17-13)10-4-2-3-5-10/h9-11H,2-8H2,1H3,(H2,16,17,18,19). The predicted octanol–water partition coefficient (Wildman–Crippen LogP) is 3.04. The summed E-state index contributed by atoms with van der Waals surface area (Å²) < 4.78 is 0. The van der Waals surface area contributed by atoms with E-state index in [9.17, 15) is 9.90 Å². The maximum atomic E-state index is 12.2. The zero-order valence-electron chi connectivity index (χ0n) is 11.5. The summed E-state index contributed by atoms with van der Waals surface area (Å²) in [4.78, 5) is 19.5. The first kappa shape index (κ1) is 12.7. The van der Waals surface area contributed by atoms with Crippen molar-refractivity contribution in [3.63, 3.8) is 0 Å². The Kier molecular flexibility index (Phi) is 3.33. The molecular formula is C15H22N2O2. The molecule has 4 heteroatoms. The van der Waals surface area contributed by atoms with Gasteiger partial charge in [0.05, 0.1) is 5.56 Å². The molecule has 2 aliphatic carbocycles. The Hall–Kier alpha value is -1.32. The molecule has 0 amide bonds. The molecule has 0 aromatic carbocycles. The summed E-state index contributed by atoms with van der Waals surface area (Å²) >= 11 is 0. The van der Waals surface area contributed by atoms with Crippen LogP contribution in [0.1, 0.15) is 75.1 Å². The molecule has 2 atom stereocenters. The second-order valence-corrected chi connectivity index (χ2v) is 6.28. The van der Waals surface area contributed by atoms with Gasteiger partial charge in [-0.3, -0.25) is 4.79 Å². The van der Waals surface area contributed by atoms with Gasteiger partial charge in [0, 0.05) is 5.92 Å². The summed E-state index contributed by atoms with van der Waals surface area (Å²) in [5.41, 5.74) is 0.404. The molecule has 19 heavy (non-hydrogen) atoms. The van der Waals surface area contributed by atoms with Crippen LogP contribution in [0, 0.1) is 5.92 Å². The van der Waals surface area contributed by atoms with Gasteiger partial charge in [0.2, 0.25) is 5.88 Å². The Labute approximate surface area is 113 Å². The van der Waals surface area contributed by atoms with Crippen molar-refractivity contribution in [1.82, 2.24) is 9.97 Å². The van der Waals surface area contributed by atoms with Crippen LogP contribution in [0.2, 0.25) is 0 Å². The largest absolute Gasteiger partial charge is 0.493 e.